The second kappa shape index (κ2) is 9.49. The lowest BCUT2D eigenvalue weighted by atomic mass is 10.1. The fourth-order valence-electron chi connectivity index (χ4n) is 3.83. The number of hydrogen-bond donors (Lipinski definition) is 1. The molecule has 1 aromatic heterocycles. The van der Waals surface area contributed by atoms with Crippen LogP contribution in [0.5, 0.6) is 0 Å². The number of ether oxygens (including phenoxy) is 1. The van der Waals surface area contributed by atoms with Gasteiger partial charge < -0.3 is 14.2 Å². The van der Waals surface area contributed by atoms with Gasteiger partial charge in [0.15, 0.2) is 0 Å². The van der Waals surface area contributed by atoms with Crippen molar-refractivity contribution in [3.05, 3.63) is 53.6 Å². The molecular weight excluding hydrogens is 416 g/mol. The normalized spacial score (nSPS) is 16.3. The van der Waals surface area contributed by atoms with Crippen LogP contribution in [0.4, 0.5) is 11.6 Å². The molecule has 0 bridgehead atoms. The molecule has 1 unspecified atom stereocenters. The highest BCUT2D eigenvalue weighted by atomic mass is 35.5. The second-order valence-electron chi connectivity index (χ2n) is 7.50. The van der Waals surface area contributed by atoms with Gasteiger partial charge in [0.1, 0.15) is 0 Å². The number of anilines is 2. The molecule has 2 amide bonds. The van der Waals surface area contributed by atoms with Gasteiger partial charge in [0.2, 0.25) is 17.8 Å². The fraction of sp³-hybridized carbons (Fsp3) is 0.348. The quantitative estimate of drug-likeness (QED) is 0.535. The standard InChI is InChI=1S/C23H25ClN4O3/c1-2-31-13-5-12-27-20-7-4-3-6-19(20)25-23(27)26-22(30)16-14-21(29)28(15-16)18-10-8-17(24)9-11-18/h3-4,6-11,16H,2,5,12-15H2,1H3,(H,25,26,30). The highest BCUT2D eigenvalue weighted by Crippen LogP contribution is 2.28. The van der Waals surface area contributed by atoms with Gasteiger partial charge in [0.25, 0.3) is 0 Å². The highest BCUT2D eigenvalue weighted by Gasteiger charge is 2.35. The number of para-hydroxylation sites is 2. The van der Waals surface area contributed by atoms with Crippen molar-refractivity contribution in [2.75, 3.05) is 30.0 Å². The summed E-state index contributed by atoms with van der Waals surface area (Å²) in [6.45, 7) is 4.29. The van der Waals surface area contributed by atoms with Gasteiger partial charge in [-0.1, -0.05) is 23.7 Å². The average Bonchev–Trinajstić information content (AvgIpc) is 3.32. The van der Waals surface area contributed by atoms with Crippen LogP contribution in [-0.4, -0.2) is 41.1 Å². The third-order valence-electron chi connectivity index (χ3n) is 5.40. The van der Waals surface area contributed by atoms with Gasteiger partial charge in [-0.15, -0.1) is 0 Å². The first-order valence-corrected chi connectivity index (χ1v) is 10.8. The summed E-state index contributed by atoms with van der Waals surface area (Å²) in [5, 5.41) is 3.56. The maximum atomic E-state index is 13.0. The van der Waals surface area contributed by atoms with Crippen LogP contribution in [-0.2, 0) is 20.9 Å². The first kappa shape index (κ1) is 21.3. The molecule has 1 aliphatic rings. The Bertz CT molecular complexity index is 1080. The molecule has 1 N–H and O–H groups in total. The molecule has 1 atom stereocenters. The molecule has 162 valence electrons. The Morgan fingerprint density at radius 2 is 2.00 bits per heavy atom. The molecule has 0 radical (unpaired) electrons. The molecule has 1 fully saturated rings. The van der Waals surface area contributed by atoms with E-state index >= 15 is 0 Å². The third kappa shape index (κ3) is 4.73. The van der Waals surface area contributed by atoms with Crippen molar-refractivity contribution in [1.82, 2.24) is 9.55 Å². The zero-order valence-corrected chi connectivity index (χ0v) is 18.1. The smallest absolute Gasteiger partial charge is 0.232 e. The summed E-state index contributed by atoms with van der Waals surface area (Å²) >= 11 is 5.94. The predicted molar refractivity (Wildman–Crippen MR) is 121 cm³/mol. The van der Waals surface area contributed by atoms with Crippen LogP contribution >= 0.6 is 11.6 Å². The number of carbonyl (C=O) groups is 2. The van der Waals surface area contributed by atoms with Crippen molar-refractivity contribution in [2.45, 2.75) is 26.3 Å². The number of aryl methyl sites for hydroxylation is 1. The van der Waals surface area contributed by atoms with E-state index in [1.54, 1.807) is 29.2 Å². The minimum absolute atomic E-state index is 0.0762. The van der Waals surface area contributed by atoms with Crippen LogP contribution in [0.15, 0.2) is 48.5 Å². The number of carbonyl (C=O) groups excluding carboxylic acids is 2. The van der Waals surface area contributed by atoms with Gasteiger partial charge in [-0.25, -0.2) is 4.98 Å². The number of rotatable bonds is 8. The topological polar surface area (TPSA) is 76.5 Å². The Kier molecular flexibility index (Phi) is 6.53. The summed E-state index contributed by atoms with van der Waals surface area (Å²) in [4.78, 5) is 31.8. The number of aromatic nitrogens is 2. The number of halogens is 1. The third-order valence-corrected chi connectivity index (χ3v) is 5.65. The van der Waals surface area contributed by atoms with Crippen LogP contribution in [0.3, 0.4) is 0 Å². The van der Waals surface area contributed by atoms with Crippen molar-refractivity contribution < 1.29 is 14.3 Å². The molecule has 4 rings (SSSR count). The Hall–Kier alpha value is -2.90. The Morgan fingerprint density at radius 3 is 2.77 bits per heavy atom. The summed E-state index contributed by atoms with van der Waals surface area (Å²) in [7, 11) is 0. The van der Waals surface area contributed by atoms with Crippen LogP contribution in [0.2, 0.25) is 5.02 Å². The van der Waals surface area contributed by atoms with Gasteiger partial charge in [0.05, 0.1) is 17.0 Å². The average molecular weight is 441 g/mol. The SMILES string of the molecule is CCOCCCn1c(NC(=O)C2CC(=O)N(c3ccc(Cl)cc3)C2)nc2ccccc21. The van der Waals surface area contributed by atoms with Crippen LogP contribution < -0.4 is 10.2 Å². The number of amides is 2. The van der Waals surface area contributed by atoms with Crippen LogP contribution in [0.1, 0.15) is 19.8 Å². The fourth-order valence-corrected chi connectivity index (χ4v) is 3.96. The first-order chi connectivity index (χ1) is 15.1. The number of benzene rings is 2. The summed E-state index contributed by atoms with van der Waals surface area (Å²) in [5.74, 6) is -0.223. The zero-order valence-electron chi connectivity index (χ0n) is 17.4. The van der Waals surface area contributed by atoms with E-state index in [0.29, 0.717) is 37.3 Å². The number of hydrogen-bond acceptors (Lipinski definition) is 4. The number of nitrogens with one attached hydrogen (secondary N) is 1. The molecule has 7 nitrogen and oxygen atoms in total. The van der Waals surface area contributed by atoms with Crippen molar-refractivity contribution in [1.29, 1.82) is 0 Å². The van der Waals surface area contributed by atoms with E-state index in [9.17, 15) is 9.59 Å². The summed E-state index contributed by atoms with van der Waals surface area (Å²) < 4.78 is 7.45. The van der Waals surface area contributed by atoms with E-state index in [-0.39, 0.29) is 18.2 Å². The van der Waals surface area contributed by atoms with Gasteiger partial charge in [-0.05, 0) is 49.7 Å². The van der Waals surface area contributed by atoms with E-state index < -0.39 is 5.92 Å². The van der Waals surface area contributed by atoms with Crippen molar-refractivity contribution in [3.63, 3.8) is 0 Å². The summed E-state index contributed by atoms with van der Waals surface area (Å²) in [6.07, 6.45) is 0.975. The molecule has 0 spiro atoms. The molecular formula is C23H25ClN4O3. The van der Waals surface area contributed by atoms with Gasteiger partial charge >= 0.3 is 0 Å². The predicted octanol–water partition coefficient (Wildman–Crippen LogP) is 4.11. The van der Waals surface area contributed by atoms with Crippen molar-refractivity contribution in [3.8, 4) is 0 Å². The van der Waals surface area contributed by atoms with E-state index in [2.05, 4.69) is 10.3 Å². The molecule has 3 aromatic rings. The molecule has 0 aliphatic carbocycles. The number of fused-ring (bicyclic) bond motifs is 1. The lowest BCUT2D eigenvalue weighted by Crippen LogP contribution is -2.28. The van der Waals surface area contributed by atoms with E-state index in [1.165, 1.54) is 0 Å². The zero-order chi connectivity index (χ0) is 21.8. The molecule has 2 aromatic carbocycles. The molecule has 1 saturated heterocycles. The van der Waals surface area contributed by atoms with Crippen LogP contribution in [0.25, 0.3) is 11.0 Å². The van der Waals surface area contributed by atoms with E-state index in [4.69, 9.17) is 16.3 Å². The van der Waals surface area contributed by atoms with E-state index in [0.717, 1.165) is 23.1 Å². The molecule has 1 aliphatic heterocycles. The highest BCUT2D eigenvalue weighted by molar-refractivity contribution is 6.30. The summed E-state index contributed by atoms with van der Waals surface area (Å²) in [5.41, 5.74) is 2.52. The van der Waals surface area contributed by atoms with Crippen molar-refractivity contribution in [2.24, 2.45) is 5.92 Å². The largest absolute Gasteiger partial charge is 0.382 e. The van der Waals surface area contributed by atoms with Gasteiger partial charge in [-0.3, -0.25) is 14.9 Å². The molecule has 8 heteroatoms. The maximum absolute atomic E-state index is 13.0. The Morgan fingerprint density at radius 1 is 1.23 bits per heavy atom. The molecule has 0 saturated carbocycles. The minimum atomic E-state index is -0.445. The Labute approximate surface area is 186 Å². The van der Waals surface area contributed by atoms with Gasteiger partial charge in [-0.2, -0.15) is 0 Å². The lowest BCUT2D eigenvalue weighted by molar-refractivity contribution is -0.122. The van der Waals surface area contributed by atoms with Gasteiger partial charge in [0, 0.05) is 43.4 Å². The molecule has 31 heavy (non-hydrogen) atoms. The van der Waals surface area contributed by atoms with Crippen molar-refractivity contribution >= 4 is 46.1 Å². The first-order valence-electron chi connectivity index (χ1n) is 10.5. The minimum Gasteiger partial charge on any atom is -0.382 e. The number of imidazole rings is 1. The monoisotopic (exact) mass is 440 g/mol. The maximum Gasteiger partial charge on any atom is 0.232 e. The molecule has 2 heterocycles. The second-order valence-corrected chi connectivity index (χ2v) is 7.93. The summed E-state index contributed by atoms with van der Waals surface area (Å²) in [6, 6.07) is 14.8. The number of nitrogens with zero attached hydrogens (tertiary/aromatic N) is 3. The Balaban J connectivity index is 1.49. The lowest BCUT2D eigenvalue weighted by Gasteiger charge is -2.17. The van der Waals surface area contributed by atoms with Crippen LogP contribution in [0, 0.1) is 5.92 Å². The van der Waals surface area contributed by atoms with E-state index in [1.807, 2.05) is 35.8 Å².